The van der Waals surface area contributed by atoms with Gasteiger partial charge in [0.25, 0.3) is 5.56 Å². The smallest absolute Gasteiger partial charge is 0.301 e. The van der Waals surface area contributed by atoms with Crippen LogP contribution in [0.1, 0.15) is 50.1 Å². The van der Waals surface area contributed by atoms with Crippen molar-refractivity contribution in [3.8, 4) is 5.75 Å². The number of ether oxygens (including phenoxy) is 1. The normalized spacial score (nSPS) is 23.5. The van der Waals surface area contributed by atoms with Crippen molar-refractivity contribution >= 4 is 74.0 Å². The zero-order valence-corrected chi connectivity index (χ0v) is 34.1. The number of rotatable bonds is 7. The van der Waals surface area contributed by atoms with Gasteiger partial charge in [-0.05, 0) is 62.3 Å². The highest BCUT2D eigenvalue weighted by Crippen LogP contribution is 2.46. The number of para-hydroxylation sites is 1. The molecule has 3 aromatic heterocycles. The van der Waals surface area contributed by atoms with Crippen molar-refractivity contribution in [1.82, 2.24) is 34.5 Å². The van der Waals surface area contributed by atoms with Crippen LogP contribution in [0.15, 0.2) is 47.4 Å². The fourth-order valence-electron chi connectivity index (χ4n) is 9.59. The first kappa shape index (κ1) is 38.6. The average Bonchev–Trinajstić information content (AvgIpc) is 4.05. The van der Waals surface area contributed by atoms with Gasteiger partial charge in [0.15, 0.2) is 12.4 Å². The lowest BCUT2D eigenvalue weighted by molar-refractivity contribution is -0.134. The molecular weight excluding hydrogens is 796 g/mol. The SMILES string of the molecule is Cn1nc(C2CCC(=O)NC2=O)c2cccc(N3CCCC(N4CCN(c5ncc(Cl)c(Nc6ccc7c(c6)c6c(c(=O)n7C)OCC(F)(F)[C@H](C7CC7)N6)n5)CC4)C3)c21. The Morgan fingerprint density at radius 3 is 2.57 bits per heavy atom. The van der Waals surface area contributed by atoms with Crippen molar-refractivity contribution in [1.29, 1.82) is 0 Å². The second kappa shape index (κ2) is 14.9. The van der Waals surface area contributed by atoms with Gasteiger partial charge >= 0.3 is 5.92 Å². The number of nitrogens with one attached hydrogen (secondary N) is 3. The molecule has 7 heterocycles. The molecular formula is C42H46ClF2N11O4. The maximum atomic E-state index is 15.2. The van der Waals surface area contributed by atoms with Crippen LogP contribution in [0.5, 0.6) is 5.75 Å². The van der Waals surface area contributed by atoms with Gasteiger partial charge in [0.2, 0.25) is 23.5 Å². The molecule has 18 heteroatoms. The molecule has 2 unspecified atom stereocenters. The number of amides is 2. The van der Waals surface area contributed by atoms with E-state index in [0.29, 0.717) is 65.1 Å². The minimum absolute atomic E-state index is 0.112. The highest BCUT2D eigenvalue weighted by Gasteiger charge is 2.51. The summed E-state index contributed by atoms with van der Waals surface area (Å²) in [6.45, 7) is 4.01. The summed E-state index contributed by atoms with van der Waals surface area (Å²) in [5.41, 5.74) is 3.78. The van der Waals surface area contributed by atoms with E-state index in [4.69, 9.17) is 26.4 Å². The van der Waals surface area contributed by atoms with E-state index in [-0.39, 0.29) is 29.2 Å². The second-order valence-electron chi connectivity index (χ2n) is 16.8. The average molecular weight is 842 g/mol. The Kier molecular flexibility index (Phi) is 9.57. The van der Waals surface area contributed by atoms with Gasteiger partial charge in [-0.15, -0.1) is 0 Å². The summed E-state index contributed by atoms with van der Waals surface area (Å²) in [7, 11) is 3.52. The number of fused-ring (bicyclic) bond motifs is 4. The molecule has 0 bridgehead atoms. The van der Waals surface area contributed by atoms with E-state index < -0.39 is 30.0 Å². The van der Waals surface area contributed by atoms with Gasteiger partial charge < -0.3 is 29.7 Å². The second-order valence-corrected chi connectivity index (χ2v) is 17.2. The van der Waals surface area contributed by atoms with E-state index in [1.165, 1.54) is 4.57 Å². The van der Waals surface area contributed by atoms with Gasteiger partial charge in [0.1, 0.15) is 5.02 Å². The lowest BCUT2D eigenvalue weighted by atomic mass is 9.92. The van der Waals surface area contributed by atoms with Crippen LogP contribution in [-0.4, -0.2) is 105 Å². The van der Waals surface area contributed by atoms with Crippen LogP contribution >= 0.6 is 11.6 Å². The van der Waals surface area contributed by atoms with Crippen LogP contribution in [0.3, 0.4) is 0 Å². The Bertz CT molecular complexity index is 2610. The summed E-state index contributed by atoms with van der Waals surface area (Å²) in [6, 6.07) is 10.8. The zero-order valence-electron chi connectivity index (χ0n) is 33.4. The Labute approximate surface area is 349 Å². The zero-order chi connectivity index (χ0) is 41.4. The molecule has 2 amide bonds. The number of hydrogen-bond acceptors (Lipinski definition) is 12. The number of carbonyl (C=O) groups is 2. The number of nitrogens with zero attached hydrogens (tertiary/aromatic N) is 8. The number of anilines is 5. The van der Waals surface area contributed by atoms with E-state index in [2.05, 4.69) is 41.7 Å². The van der Waals surface area contributed by atoms with Crippen LogP contribution in [0.4, 0.5) is 37.6 Å². The minimum atomic E-state index is -3.14. The van der Waals surface area contributed by atoms with Crippen LogP contribution in [-0.2, 0) is 23.7 Å². The minimum Gasteiger partial charge on any atom is -0.480 e. The van der Waals surface area contributed by atoms with E-state index >= 15 is 8.78 Å². The van der Waals surface area contributed by atoms with E-state index in [1.54, 1.807) is 31.4 Å². The lowest BCUT2D eigenvalue weighted by Crippen LogP contribution is -2.55. The third kappa shape index (κ3) is 6.84. The quantitative estimate of drug-likeness (QED) is 0.186. The standard InChI is InChI=1S/C42H46ClF2N11O4/c1-52-30-12-10-24(19-28(30)34-36(40(52)59)60-22-42(44,45)37(49-34)23-8-9-23)47-38-29(43)20-46-41(50-38)55-17-15-54(16-18-55)25-5-4-14-56(21-25)31-7-3-6-26-33(51-53(2)35(26)31)27-11-13-32(57)48-39(27)58/h3,6-7,10,12,19-20,23,25,27,37,49H,4-5,8-9,11,13-18,21-22H2,1-2H3,(H,46,47,50)(H,48,57,58)/t25?,27?,37-/m0/s1. The molecule has 3 atom stereocenters. The molecule has 10 rings (SSSR count). The largest absolute Gasteiger partial charge is 0.480 e. The van der Waals surface area contributed by atoms with Crippen molar-refractivity contribution in [2.24, 2.45) is 20.0 Å². The van der Waals surface area contributed by atoms with E-state index in [0.717, 1.165) is 74.4 Å². The number of aryl methyl sites for hydroxylation is 2. The van der Waals surface area contributed by atoms with Gasteiger partial charge in [0.05, 0.1) is 46.3 Å². The van der Waals surface area contributed by atoms with E-state index in [1.807, 2.05) is 23.9 Å². The number of imide groups is 1. The van der Waals surface area contributed by atoms with Gasteiger partial charge in [-0.3, -0.25) is 29.3 Å². The first-order valence-electron chi connectivity index (χ1n) is 20.7. The first-order valence-corrected chi connectivity index (χ1v) is 21.1. The molecule has 0 radical (unpaired) electrons. The number of halogens is 3. The number of benzene rings is 2. The van der Waals surface area contributed by atoms with Crippen molar-refractivity contribution in [2.45, 2.75) is 62.4 Å². The predicted octanol–water partition coefficient (Wildman–Crippen LogP) is 5.14. The van der Waals surface area contributed by atoms with Crippen LogP contribution < -0.4 is 36.0 Å². The van der Waals surface area contributed by atoms with Crippen LogP contribution in [0.25, 0.3) is 21.8 Å². The molecule has 60 heavy (non-hydrogen) atoms. The molecule has 3 saturated heterocycles. The Morgan fingerprint density at radius 2 is 1.78 bits per heavy atom. The predicted molar refractivity (Wildman–Crippen MR) is 225 cm³/mol. The van der Waals surface area contributed by atoms with Crippen molar-refractivity contribution < 1.29 is 23.1 Å². The molecule has 3 N–H and O–H groups in total. The third-order valence-corrected chi connectivity index (χ3v) is 13.2. The van der Waals surface area contributed by atoms with Gasteiger partial charge in [-0.25, -0.2) is 13.8 Å². The van der Waals surface area contributed by atoms with Crippen molar-refractivity contribution in [2.75, 3.05) is 66.3 Å². The maximum Gasteiger partial charge on any atom is 0.301 e. The van der Waals surface area contributed by atoms with Gasteiger partial charge in [-0.2, -0.15) is 10.1 Å². The fourth-order valence-corrected chi connectivity index (χ4v) is 9.73. The molecule has 5 aromatic rings. The molecule has 4 fully saturated rings. The third-order valence-electron chi connectivity index (χ3n) is 12.9. The van der Waals surface area contributed by atoms with Crippen LogP contribution in [0.2, 0.25) is 5.02 Å². The molecule has 0 spiro atoms. The van der Waals surface area contributed by atoms with Gasteiger partial charge in [0, 0.05) is 82.3 Å². The highest BCUT2D eigenvalue weighted by atomic mass is 35.5. The van der Waals surface area contributed by atoms with Crippen molar-refractivity contribution in [3.63, 3.8) is 0 Å². The number of pyridine rings is 1. The first-order chi connectivity index (χ1) is 28.9. The number of hydrogen-bond donors (Lipinski definition) is 3. The molecule has 1 aliphatic carbocycles. The summed E-state index contributed by atoms with van der Waals surface area (Å²) in [4.78, 5) is 54.4. The molecule has 2 aromatic carbocycles. The maximum absolute atomic E-state index is 15.2. The Hall–Kier alpha value is -5.55. The van der Waals surface area contributed by atoms with Crippen LogP contribution in [0, 0.1) is 5.92 Å². The topological polar surface area (TPSA) is 155 Å². The number of piperazine rings is 1. The number of piperidine rings is 2. The molecule has 15 nitrogen and oxygen atoms in total. The summed E-state index contributed by atoms with van der Waals surface area (Å²) >= 11 is 6.65. The van der Waals surface area contributed by atoms with E-state index in [9.17, 15) is 14.4 Å². The summed E-state index contributed by atoms with van der Waals surface area (Å²) in [6.07, 6.45) is 5.86. The fraction of sp³-hybridized carbons (Fsp3) is 0.476. The Morgan fingerprint density at radius 1 is 0.967 bits per heavy atom. The number of alkyl halides is 2. The number of carbonyl (C=O) groups excluding carboxylic acids is 2. The monoisotopic (exact) mass is 841 g/mol. The number of aromatic nitrogens is 5. The van der Waals surface area contributed by atoms with Gasteiger partial charge in [-0.1, -0.05) is 23.7 Å². The highest BCUT2D eigenvalue weighted by molar-refractivity contribution is 6.33. The summed E-state index contributed by atoms with van der Waals surface area (Å²) < 4.78 is 39.2. The molecule has 1 saturated carbocycles. The van der Waals surface area contributed by atoms with Crippen molar-refractivity contribution in [3.05, 3.63) is 63.7 Å². The summed E-state index contributed by atoms with van der Waals surface area (Å²) in [5.74, 6) is -3.47. The molecule has 4 aliphatic heterocycles. The summed E-state index contributed by atoms with van der Waals surface area (Å²) in [5, 5.41) is 15.5. The molecule has 314 valence electrons. The Balaban J connectivity index is 0.836. The molecule has 5 aliphatic rings. The lowest BCUT2D eigenvalue weighted by Gasteiger charge is -2.44.